The van der Waals surface area contributed by atoms with Gasteiger partial charge in [0.15, 0.2) is 0 Å². The number of hydrogen-bond acceptors (Lipinski definition) is 4. The second-order valence-corrected chi connectivity index (χ2v) is 8.65. The van der Waals surface area contributed by atoms with E-state index in [0.29, 0.717) is 17.7 Å². The summed E-state index contributed by atoms with van der Waals surface area (Å²) in [4.78, 5) is 17.5. The number of piperidine rings is 1. The Balaban J connectivity index is 1.31. The monoisotopic (exact) mass is 345 g/mol. The molecule has 3 fully saturated rings. The maximum Gasteiger partial charge on any atom is 0.222 e. The molecule has 0 radical (unpaired) electrons. The van der Waals surface area contributed by atoms with Gasteiger partial charge in [-0.2, -0.15) is 0 Å². The topological polar surface area (TPSA) is 49.6 Å². The zero-order chi connectivity index (χ0) is 17.4. The van der Waals surface area contributed by atoms with E-state index in [1.165, 1.54) is 51.7 Å². The van der Waals surface area contributed by atoms with Crippen molar-refractivity contribution in [2.75, 3.05) is 32.7 Å². The number of aryl methyl sites for hydroxylation is 2. The van der Waals surface area contributed by atoms with Crippen molar-refractivity contribution in [2.45, 2.75) is 58.8 Å². The van der Waals surface area contributed by atoms with Crippen LogP contribution in [0.3, 0.4) is 0 Å². The van der Waals surface area contributed by atoms with Crippen molar-refractivity contribution in [3.8, 4) is 0 Å². The number of aromatic nitrogens is 1. The summed E-state index contributed by atoms with van der Waals surface area (Å²) >= 11 is 0. The van der Waals surface area contributed by atoms with E-state index in [9.17, 15) is 4.79 Å². The maximum absolute atomic E-state index is 12.7. The van der Waals surface area contributed by atoms with Crippen molar-refractivity contribution in [1.29, 1.82) is 0 Å². The highest BCUT2D eigenvalue weighted by molar-refractivity contribution is 5.77. The first-order valence-electron chi connectivity index (χ1n) is 9.97. The van der Waals surface area contributed by atoms with Gasteiger partial charge in [0.05, 0.1) is 5.69 Å². The minimum Gasteiger partial charge on any atom is -0.361 e. The summed E-state index contributed by atoms with van der Waals surface area (Å²) in [7, 11) is 0. The number of carbonyl (C=O) groups excluding carboxylic acids is 1. The lowest BCUT2D eigenvalue weighted by molar-refractivity contribution is -0.130. The average molecular weight is 345 g/mol. The van der Waals surface area contributed by atoms with E-state index in [1.54, 1.807) is 0 Å². The first-order chi connectivity index (χ1) is 12.0. The van der Waals surface area contributed by atoms with Crippen LogP contribution in [-0.4, -0.2) is 53.6 Å². The first kappa shape index (κ1) is 17.1. The van der Waals surface area contributed by atoms with Crippen LogP contribution in [0.5, 0.6) is 0 Å². The summed E-state index contributed by atoms with van der Waals surface area (Å²) < 4.78 is 5.21. The van der Waals surface area contributed by atoms with Gasteiger partial charge < -0.3 is 14.3 Å². The van der Waals surface area contributed by atoms with Gasteiger partial charge in [0.1, 0.15) is 5.76 Å². The Bertz CT molecular complexity index is 617. The average Bonchev–Trinajstić information content (AvgIpc) is 3.23. The van der Waals surface area contributed by atoms with Crippen LogP contribution in [0.25, 0.3) is 0 Å². The molecule has 0 N–H and O–H groups in total. The van der Waals surface area contributed by atoms with Crippen LogP contribution in [0.4, 0.5) is 0 Å². The molecule has 1 amide bonds. The van der Waals surface area contributed by atoms with E-state index in [4.69, 9.17) is 4.52 Å². The molecule has 1 aromatic rings. The summed E-state index contributed by atoms with van der Waals surface area (Å²) in [5, 5.41) is 3.99. The highest BCUT2D eigenvalue weighted by Gasteiger charge is 2.43. The zero-order valence-corrected chi connectivity index (χ0v) is 15.7. The van der Waals surface area contributed by atoms with Crippen LogP contribution in [-0.2, 0) is 11.2 Å². The summed E-state index contributed by atoms with van der Waals surface area (Å²) in [5.41, 5.74) is 2.40. The Kier molecular flexibility index (Phi) is 4.61. The zero-order valence-electron chi connectivity index (χ0n) is 15.7. The van der Waals surface area contributed by atoms with Gasteiger partial charge in [0, 0.05) is 43.6 Å². The van der Waals surface area contributed by atoms with E-state index in [0.717, 1.165) is 42.4 Å². The molecule has 1 aliphatic carbocycles. The third-order valence-corrected chi connectivity index (χ3v) is 6.51. The quantitative estimate of drug-likeness (QED) is 0.823. The third kappa shape index (κ3) is 3.76. The molecule has 2 saturated heterocycles. The molecule has 25 heavy (non-hydrogen) atoms. The fourth-order valence-electron chi connectivity index (χ4n) is 4.86. The standard InChI is InChI=1S/C20H31N3O2/c1-15-18(16(2)25-21-15)6-7-19(24)23-11-9-20(14-23)8-3-10-22(13-20)12-17-4-5-17/h17H,3-14H2,1-2H3. The lowest BCUT2D eigenvalue weighted by atomic mass is 9.79. The minimum absolute atomic E-state index is 0.302. The number of rotatable bonds is 5. The fourth-order valence-corrected chi connectivity index (χ4v) is 4.86. The van der Waals surface area contributed by atoms with Crippen LogP contribution < -0.4 is 0 Å². The molecule has 4 rings (SSSR count). The second-order valence-electron chi connectivity index (χ2n) is 8.65. The van der Waals surface area contributed by atoms with Gasteiger partial charge >= 0.3 is 0 Å². The SMILES string of the molecule is Cc1noc(C)c1CCC(=O)N1CCC2(CCCN(CC3CC3)C2)C1. The molecule has 0 aromatic carbocycles. The number of carbonyl (C=O) groups is 1. The molecule has 5 nitrogen and oxygen atoms in total. The van der Waals surface area contributed by atoms with Gasteiger partial charge in [-0.15, -0.1) is 0 Å². The van der Waals surface area contributed by atoms with Gasteiger partial charge in [-0.3, -0.25) is 4.79 Å². The molecule has 1 aromatic heterocycles. The Morgan fingerprint density at radius 3 is 2.80 bits per heavy atom. The second kappa shape index (κ2) is 6.75. The molecule has 1 unspecified atom stereocenters. The Hall–Kier alpha value is -1.36. The molecular formula is C20H31N3O2. The fraction of sp³-hybridized carbons (Fsp3) is 0.800. The van der Waals surface area contributed by atoms with Crippen molar-refractivity contribution in [1.82, 2.24) is 15.0 Å². The highest BCUT2D eigenvalue weighted by Crippen LogP contribution is 2.40. The van der Waals surface area contributed by atoms with Crippen LogP contribution in [0.15, 0.2) is 4.52 Å². The number of amides is 1. The van der Waals surface area contributed by atoms with Crippen molar-refractivity contribution < 1.29 is 9.32 Å². The van der Waals surface area contributed by atoms with E-state index in [2.05, 4.69) is 15.0 Å². The molecule has 2 aliphatic heterocycles. The van der Waals surface area contributed by atoms with Crippen LogP contribution >= 0.6 is 0 Å². The molecule has 138 valence electrons. The lowest BCUT2D eigenvalue weighted by Gasteiger charge is -2.40. The van der Waals surface area contributed by atoms with Crippen molar-refractivity contribution in [3.05, 3.63) is 17.0 Å². The predicted octanol–water partition coefficient (Wildman–Crippen LogP) is 2.95. The maximum atomic E-state index is 12.7. The predicted molar refractivity (Wildman–Crippen MR) is 96.3 cm³/mol. The Morgan fingerprint density at radius 1 is 1.24 bits per heavy atom. The van der Waals surface area contributed by atoms with Gasteiger partial charge in [-0.25, -0.2) is 0 Å². The summed E-state index contributed by atoms with van der Waals surface area (Å²) in [6.45, 7) is 9.56. The van der Waals surface area contributed by atoms with Crippen molar-refractivity contribution in [2.24, 2.45) is 11.3 Å². The van der Waals surface area contributed by atoms with E-state index in [1.807, 2.05) is 13.8 Å². The molecular weight excluding hydrogens is 314 g/mol. The molecule has 1 atom stereocenters. The molecule has 1 saturated carbocycles. The Morgan fingerprint density at radius 2 is 2.08 bits per heavy atom. The lowest BCUT2D eigenvalue weighted by Crippen LogP contribution is -2.46. The van der Waals surface area contributed by atoms with Gasteiger partial charge in [-0.1, -0.05) is 5.16 Å². The molecule has 0 bridgehead atoms. The molecule has 3 heterocycles. The first-order valence-corrected chi connectivity index (χ1v) is 9.97. The van der Waals surface area contributed by atoms with Crippen LogP contribution in [0.1, 0.15) is 55.5 Å². The van der Waals surface area contributed by atoms with Crippen molar-refractivity contribution in [3.63, 3.8) is 0 Å². The summed E-state index contributed by atoms with van der Waals surface area (Å²) in [5.74, 6) is 2.12. The Labute approximate surface area is 150 Å². The number of hydrogen-bond donors (Lipinski definition) is 0. The molecule has 3 aliphatic rings. The smallest absolute Gasteiger partial charge is 0.222 e. The molecule has 1 spiro atoms. The van der Waals surface area contributed by atoms with Gasteiger partial charge in [0.25, 0.3) is 0 Å². The summed E-state index contributed by atoms with van der Waals surface area (Å²) in [6, 6.07) is 0. The highest BCUT2D eigenvalue weighted by atomic mass is 16.5. The van der Waals surface area contributed by atoms with E-state index < -0.39 is 0 Å². The largest absolute Gasteiger partial charge is 0.361 e. The molecule has 5 heteroatoms. The van der Waals surface area contributed by atoms with Crippen molar-refractivity contribution >= 4 is 5.91 Å². The van der Waals surface area contributed by atoms with Gasteiger partial charge in [0.2, 0.25) is 5.91 Å². The van der Waals surface area contributed by atoms with Crippen LogP contribution in [0, 0.1) is 25.2 Å². The normalized spacial score (nSPS) is 27.4. The summed E-state index contributed by atoms with van der Waals surface area (Å²) in [6.07, 6.45) is 7.95. The third-order valence-electron chi connectivity index (χ3n) is 6.51. The van der Waals surface area contributed by atoms with Gasteiger partial charge in [-0.05, 0) is 64.8 Å². The van der Waals surface area contributed by atoms with E-state index >= 15 is 0 Å². The van der Waals surface area contributed by atoms with Crippen LogP contribution in [0.2, 0.25) is 0 Å². The number of nitrogens with zero attached hydrogens (tertiary/aromatic N) is 3. The minimum atomic E-state index is 0.302. The van der Waals surface area contributed by atoms with E-state index in [-0.39, 0.29) is 0 Å². The number of likely N-dealkylation sites (tertiary alicyclic amines) is 2.